The molecule has 2 rings (SSSR count). The van der Waals surface area contributed by atoms with Crippen LogP contribution >= 0.6 is 0 Å². The standard InChI is InChI=1S/C14H10F3NO3/c15-14(16,17)10-5-1-2-7-12(10)21-8-9-4-3-6-11(18-9)13(19)20/h1-7H,8H2,(H,19,20). The van der Waals surface area contributed by atoms with Gasteiger partial charge in [0.2, 0.25) is 0 Å². The fourth-order valence-corrected chi connectivity index (χ4v) is 1.66. The Morgan fingerprint density at radius 1 is 1.14 bits per heavy atom. The van der Waals surface area contributed by atoms with Crippen molar-refractivity contribution in [1.29, 1.82) is 0 Å². The molecule has 1 aromatic carbocycles. The molecule has 1 heterocycles. The van der Waals surface area contributed by atoms with E-state index in [0.717, 1.165) is 6.07 Å². The van der Waals surface area contributed by atoms with Gasteiger partial charge >= 0.3 is 12.1 Å². The minimum atomic E-state index is -4.52. The molecule has 0 saturated heterocycles. The second-order valence-corrected chi connectivity index (χ2v) is 4.10. The molecule has 0 fully saturated rings. The Hall–Kier alpha value is -2.57. The molecule has 2 aromatic rings. The number of rotatable bonds is 4. The molecule has 0 aliphatic carbocycles. The lowest BCUT2D eigenvalue weighted by molar-refractivity contribution is -0.139. The summed E-state index contributed by atoms with van der Waals surface area (Å²) in [5.74, 6) is -1.54. The fraction of sp³-hybridized carbons (Fsp3) is 0.143. The SMILES string of the molecule is O=C(O)c1cccc(COc2ccccc2C(F)(F)F)n1. The van der Waals surface area contributed by atoms with E-state index in [1.807, 2.05) is 0 Å². The van der Waals surface area contributed by atoms with Gasteiger partial charge in [-0.2, -0.15) is 13.2 Å². The van der Waals surface area contributed by atoms with Gasteiger partial charge in [-0.1, -0.05) is 18.2 Å². The lowest BCUT2D eigenvalue weighted by atomic mass is 10.2. The van der Waals surface area contributed by atoms with Crippen LogP contribution in [0.3, 0.4) is 0 Å². The van der Waals surface area contributed by atoms with Crippen LogP contribution in [0.1, 0.15) is 21.7 Å². The molecular weight excluding hydrogens is 287 g/mol. The molecule has 110 valence electrons. The number of pyridine rings is 1. The highest BCUT2D eigenvalue weighted by Gasteiger charge is 2.34. The first-order valence-electron chi connectivity index (χ1n) is 5.86. The van der Waals surface area contributed by atoms with E-state index in [1.165, 1.54) is 36.4 Å². The van der Waals surface area contributed by atoms with Gasteiger partial charge in [-0.05, 0) is 24.3 Å². The Balaban J connectivity index is 2.17. The summed E-state index contributed by atoms with van der Waals surface area (Å²) in [4.78, 5) is 14.5. The maximum atomic E-state index is 12.8. The summed E-state index contributed by atoms with van der Waals surface area (Å²) in [6.07, 6.45) is -4.52. The van der Waals surface area contributed by atoms with Crippen molar-refractivity contribution in [2.45, 2.75) is 12.8 Å². The molecule has 0 bridgehead atoms. The number of hydrogen-bond donors (Lipinski definition) is 1. The first-order chi connectivity index (χ1) is 9.88. The number of nitrogens with zero attached hydrogens (tertiary/aromatic N) is 1. The number of alkyl halides is 3. The van der Waals surface area contributed by atoms with Gasteiger partial charge in [0, 0.05) is 0 Å². The number of aromatic carboxylic acids is 1. The van der Waals surface area contributed by atoms with E-state index in [1.54, 1.807) is 0 Å². The van der Waals surface area contributed by atoms with Crippen LogP contribution in [-0.4, -0.2) is 16.1 Å². The van der Waals surface area contributed by atoms with Crippen LogP contribution < -0.4 is 4.74 Å². The van der Waals surface area contributed by atoms with Crippen molar-refractivity contribution in [3.8, 4) is 5.75 Å². The zero-order valence-corrected chi connectivity index (χ0v) is 10.6. The number of hydrogen-bond acceptors (Lipinski definition) is 3. The number of halogens is 3. The number of aromatic nitrogens is 1. The third-order valence-corrected chi connectivity index (χ3v) is 2.59. The molecule has 0 amide bonds. The smallest absolute Gasteiger partial charge is 0.419 e. The molecule has 21 heavy (non-hydrogen) atoms. The third-order valence-electron chi connectivity index (χ3n) is 2.59. The van der Waals surface area contributed by atoms with Gasteiger partial charge in [-0.3, -0.25) is 0 Å². The summed E-state index contributed by atoms with van der Waals surface area (Å²) in [5, 5.41) is 8.79. The number of para-hydroxylation sites is 1. The number of benzene rings is 1. The highest BCUT2D eigenvalue weighted by molar-refractivity contribution is 5.85. The van der Waals surface area contributed by atoms with Gasteiger partial charge in [0.1, 0.15) is 18.1 Å². The molecular formula is C14H10F3NO3. The molecule has 0 spiro atoms. The molecule has 0 atom stereocenters. The molecule has 0 aliphatic rings. The van der Waals surface area contributed by atoms with Crippen molar-refractivity contribution < 1.29 is 27.8 Å². The molecule has 4 nitrogen and oxygen atoms in total. The Kier molecular flexibility index (Phi) is 4.11. The van der Waals surface area contributed by atoms with Gasteiger partial charge in [-0.25, -0.2) is 9.78 Å². The zero-order valence-electron chi connectivity index (χ0n) is 10.6. The summed E-state index contributed by atoms with van der Waals surface area (Å²) in [5.41, 5.74) is -0.855. The van der Waals surface area contributed by atoms with Crippen molar-refractivity contribution in [1.82, 2.24) is 4.98 Å². The van der Waals surface area contributed by atoms with Crippen molar-refractivity contribution in [2.24, 2.45) is 0 Å². The van der Waals surface area contributed by atoms with Crippen LogP contribution in [0.25, 0.3) is 0 Å². The first-order valence-corrected chi connectivity index (χ1v) is 5.86. The topological polar surface area (TPSA) is 59.4 Å². The minimum absolute atomic E-state index is 0.194. The van der Waals surface area contributed by atoms with Gasteiger partial charge in [0.15, 0.2) is 0 Å². The lowest BCUT2D eigenvalue weighted by Crippen LogP contribution is -2.09. The molecule has 0 radical (unpaired) electrons. The van der Waals surface area contributed by atoms with E-state index in [9.17, 15) is 18.0 Å². The van der Waals surface area contributed by atoms with E-state index >= 15 is 0 Å². The second kappa shape index (κ2) is 5.82. The lowest BCUT2D eigenvalue weighted by Gasteiger charge is -2.13. The third kappa shape index (κ3) is 3.71. The first kappa shape index (κ1) is 14.8. The molecule has 1 N–H and O–H groups in total. The average Bonchev–Trinajstić information content (AvgIpc) is 2.45. The van der Waals surface area contributed by atoms with Crippen molar-refractivity contribution in [3.63, 3.8) is 0 Å². The summed E-state index contributed by atoms with van der Waals surface area (Å²) in [6.45, 7) is -0.256. The predicted octanol–water partition coefficient (Wildman–Crippen LogP) is 3.38. The maximum absolute atomic E-state index is 12.8. The number of carbonyl (C=O) groups is 1. The Bertz CT molecular complexity index is 656. The average molecular weight is 297 g/mol. The van der Waals surface area contributed by atoms with Gasteiger partial charge in [-0.15, -0.1) is 0 Å². The molecule has 0 aliphatic heterocycles. The van der Waals surface area contributed by atoms with Crippen LogP contribution in [0.5, 0.6) is 5.75 Å². The monoisotopic (exact) mass is 297 g/mol. The Labute approximate surface area is 117 Å². The van der Waals surface area contributed by atoms with E-state index in [2.05, 4.69) is 4.98 Å². The van der Waals surface area contributed by atoms with E-state index in [4.69, 9.17) is 9.84 Å². The minimum Gasteiger partial charge on any atom is -0.487 e. The highest BCUT2D eigenvalue weighted by atomic mass is 19.4. The molecule has 7 heteroatoms. The summed E-state index contributed by atoms with van der Waals surface area (Å²) in [7, 11) is 0. The van der Waals surface area contributed by atoms with Crippen LogP contribution in [0, 0.1) is 0 Å². The summed E-state index contributed by atoms with van der Waals surface area (Å²) >= 11 is 0. The Morgan fingerprint density at radius 3 is 2.52 bits per heavy atom. The van der Waals surface area contributed by atoms with E-state index in [0.29, 0.717) is 0 Å². The van der Waals surface area contributed by atoms with Crippen molar-refractivity contribution in [2.75, 3.05) is 0 Å². The largest absolute Gasteiger partial charge is 0.487 e. The summed E-state index contributed by atoms with van der Waals surface area (Å²) < 4.78 is 43.4. The quantitative estimate of drug-likeness (QED) is 0.940. The van der Waals surface area contributed by atoms with E-state index < -0.39 is 17.7 Å². The van der Waals surface area contributed by atoms with Gasteiger partial charge < -0.3 is 9.84 Å². The van der Waals surface area contributed by atoms with Crippen molar-refractivity contribution in [3.05, 3.63) is 59.4 Å². The highest BCUT2D eigenvalue weighted by Crippen LogP contribution is 2.36. The Morgan fingerprint density at radius 2 is 1.86 bits per heavy atom. The number of carboxylic acids is 1. The van der Waals surface area contributed by atoms with E-state index in [-0.39, 0.29) is 23.7 Å². The van der Waals surface area contributed by atoms with Gasteiger partial charge in [0.05, 0.1) is 11.3 Å². The summed E-state index contributed by atoms with van der Waals surface area (Å²) in [6, 6.07) is 9.01. The molecule has 0 unspecified atom stereocenters. The second-order valence-electron chi connectivity index (χ2n) is 4.10. The van der Waals surface area contributed by atoms with Crippen LogP contribution in [0.4, 0.5) is 13.2 Å². The number of carboxylic acid groups (broad SMARTS) is 1. The number of ether oxygens (including phenoxy) is 1. The zero-order chi connectivity index (χ0) is 15.5. The fourth-order valence-electron chi connectivity index (χ4n) is 1.66. The normalized spacial score (nSPS) is 11.2. The predicted molar refractivity (Wildman–Crippen MR) is 67.0 cm³/mol. The molecule has 0 saturated carbocycles. The van der Waals surface area contributed by atoms with Gasteiger partial charge in [0.25, 0.3) is 0 Å². The molecule has 1 aromatic heterocycles. The maximum Gasteiger partial charge on any atom is 0.419 e. The van der Waals surface area contributed by atoms with Crippen LogP contribution in [0.2, 0.25) is 0 Å². The van der Waals surface area contributed by atoms with Crippen LogP contribution in [0.15, 0.2) is 42.5 Å². The van der Waals surface area contributed by atoms with Crippen molar-refractivity contribution >= 4 is 5.97 Å². The van der Waals surface area contributed by atoms with Crippen LogP contribution in [-0.2, 0) is 12.8 Å².